The van der Waals surface area contributed by atoms with Crippen LogP contribution in [0.15, 0.2) is 53.3 Å². The van der Waals surface area contributed by atoms with Gasteiger partial charge in [-0.3, -0.25) is 9.78 Å². The summed E-state index contributed by atoms with van der Waals surface area (Å²) in [6, 6.07) is 10.4. The van der Waals surface area contributed by atoms with Gasteiger partial charge in [0.1, 0.15) is 18.4 Å². The normalized spacial score (nSPS) is 15.5. The van der Waals surface area contributed by atoms with Crippen LogP contribution < -0.4 is 10.1 Å². The van der Waals surface area contributed by atoms with Gasteiger partial charge in [0.2, 0.25) is 11.7 Å². The lowest BCUT2D eigenvalue weighted by molar-refractivity contribution is -0.124. The van der Waals surface area contributed by atoms with E-state index in [1.165, 1.54) is 0 Å². The molecule has 150 valence electrons. The molecule has 0 bridgehead atoms. The Morgan fingerprint density at radius 2 is 2.21 bits per heavy atom. The molecule has 1 aliphatic rings. The molecule has 29 heavy (non-hydrogen) atoms. The van der Waals surface area contributed by atoms with Crippen molar-refractivity contribution in [2.24, 2.45) is 5.92 Å². The van der Waals surface area contributed by atoms with Gasteiger partial charge in [-0.2, -0.15) is 4.98 Å². The molecule has 2 atom stereocenters. The highest BCUT2D eigenvalue weighted by Gasteiger charge is 2.34. The number of pyridine rings is 1. The first-order valence-electron chi connectivity index (χ1n) is 9.54. The van der Waals surface area contributed by atoms with E-state index >= 15 is 0 Å². The topological polar surface area (TPSA) is 110 Å². The van der Waals surface area contributed by atoms with Gasteiger partial charge in [-0.05, 0) is 38.0 Å². The number of amides is 1. The molecule has 8 heteroatoms. The summed E-state index contributed by atoms with van der Waals surface area (Å²) in [6.45, 7) is 1.97. The van der Waals surface area contributed by atoms with Crippen molar-refractivity contribution in [2.75, 3.05) is 0 Å². The second-order valence-corrected chi connectivity index (χ2v) is 7.14. The fraction of sp³-hybridized carbons (Fsp3) is 0.333. The molecule has 1 aliphatic carbocycles. The zero-order valence-electron chi connectivity index (χ0n) is 16.0. The van der Waals surface area contributed by atoms with Crippen LogP contribution in [0.1, 0.15) is 37.3 Å². The summed E-state index contributed by atoms with van der Waals surface area (Å²) in [5.41, 5.74) is 1.67. The van der Waals surface area contributed by atoms with Crippen molar-refractivity contribution in [1.29, 1.82) is 0 Å². The van der Waals surface area contributed by atoms with E-state index in [1.54, 1.807) is 19.3 Å². The van der Waals surface area contributed by atoms with Crippen LogP contribution in [-0.4, -0.2) is 32.2 Å². The van der Waals surface area contributed by atoms with E-state index in [-0.39, 0.29) is 17.7 Å². The Balaban J connectivity index is 1.47. The molecule has 2 N–H and O–H groups in total. The van der Waals surface area contributed by atoms with Crippen LogP contribution in [0.3, 0.4) is 0 Å². The maximum atomic E-state index is 12.1. The predicted octanol–water partition coefficient (Wildman–Crippen LogP) is 2.66. The maximum absolute atomic E-state index is 12.1. The number of carbonyl (C=O) groups excluding carboxylic acids is 1. The molecule has 0 aliphatic heterocycles. The lowest BCUT2D eigenvalue weighted by Gasteiger charge is -2.17. The molecular weight excluding hydrogens is 372 g/mol. The Hall–Kier alpha value is -3.26. The number of hydrogen-bond donors (Lipinski definition) is 2. The van der Waals surface area contributed by atoms with Gasteiger partial charge in [-0.15, -0.1) is 0 Å². The quantitative estimate of drug-likeness (QED) is 0.604. The third kappa shape index (κ3) is 4.78. The Labute approximate surface area is 167 Å². The first-order valence-corrected chi connectivity index (χ1v) is 9.54. The van der Waals surface area contributed by atoms with Crippen molar-refractivity contribution in [3.63, 3.8) is 0 Å². The standard InChI is InChI=1S/C21H22N4O4/c1-13(26)18(23-20(27)15-7-8-15)21-24-19(25-29-21)16-5-2-6-17(10-16)28-12-14-4-3-9-22-11-14/h2-6,9-11,13,15,18,26H,7-8,12H2,1H3,(H,23,27)/t13-,18-/m1/s1. The number of hydrogen-bond acceptors (Lipinski definition) is 7. The summed E-state index contributed by atoms with van der Waals surface area (Å²) in [6.07, 6.45) is 4.35. The molecule has 0 radical (unpaired) electrons. The summed E-state index contributed by atoms with van der Waals surface area (Å²) in [4.78, 5) is 20.5. The number of aromatic nitrogens is 3. The molecule has 2 heterocycles. The minimum Gasteiger partial charge on any atom is -0.489 e. The molecule has 1 fully saturated rings. The molecule has 0 spiro atoms. The van der Waals surface area contributed by atoms with Gasteiger partial charge in [0.05, 0.1) is 6.10 Å². The van der Waals surface area contributed by atoms with Crippen LogP contribution in [-0.2, 0) is 11.4 Å². The Bertz CT molecular complexity index is 970. The zero-order valence-corrected chi connectivity index (χ0v) is 16.0. The number of ether oxygens (including phenoxy) is 1. The fourth-order valence-electron chi connectivity index (χ4n) is 2.86. The monoisotopic (exact) mass is 394 g/mol. The summed E-state index contributed by atoms with van der Waals surface area (Å²) in [7, 11) is 0. The predicted molar refractivity (Wildman–Crippen MR) is 104 cm³/mol. The molecule has 2 aromatic heterocycles. The summed E-state index contributed by atoms with van der Waals surface area (Å²) >= 11 is 0. The second kappa shape index (κ2) is 8.40. The molecular formula is C21H22N4O4. The minimum atomic E-state index is -0.861. The van der Waals surface area contributed by atoms with Crippen LogP contribution in [0.2, 0.25) is 0 Å². The van der Waals surface area contributed by atoms with E-state index in [0.29, 0.717) is 23.7 Å². The Morgan fingerprint density at radius 1 is 1.34 bits per heavy atom. The van der Waals surface area contributed by atoms with Crippen LogP contribution in [0.25, 0.3) is 11.4 Å². The van der Waals surface area contributed by atoms with Crippen LogP contribution in [0.4, 0.5) is 0 Å². The third-order valence-electron chi connectivity index (χ3n) is 4.66. The lowest BCUT2D eigenvalue weighted by Crippen LogP contribution is -2.36. The number of nitrogens with zero attached hydrogens (tertiary/aromatic N) is 3. The highest BCUT2D eigenvalue weighted by Crippen LogP contribution is 2.30. The minimum absolute atomic E-state index is 0.0206. The molecule has 3 aromatic rings. The van der Waals surface area contributed by atoms with E-state index in [1.807, 2.05) is 36.4 Å². The largest absolute Gasteiger partial charge is 0.489 e. The number of aliphatic hydroxyl groups is 1. The number of carbonyl (C=O) groups is 1. The smallest absolute Gasteiger partial charge is 0.252 e. The first kappa shape index (κ1) is 19.1. The van der Waals surface area contributed by atoms with E-state index in [9.17, 15) is 9.90 Å². The van der Waals surface area contributed by atoms with Gasteiger partial charge in [-0.25, -0.2) is 0 Å². The summed E-state index contributed by atoms with van der Waals surface area (Å²) in [5, 5.41) is 16.8. The average molecular weight is 394 g/mol. The third-order valence-corrected chi connectivity index (χ3v) is 4.66. The zero-order chi connectivity index (χ0) is 20.2. The van der Waals surface area contributed by atoms with Crippen LogP contribution >= 0.6 is 0 Å². The molecule has 1 aromatic carbocycles. The SMILES string of the molecule is C[C@@H](O)[C@@H](NC(=O)C1CC1)c1nc(-c2cccc(OCc3cccnc3)c2)no1. The highest BCUT2D eigenvalue weighted by molar-refractivity contribution is 5.81. The van der Waals surface area contributed by atoms with E-state index in [0.717, 1.165) is 18.4 Å². The van der Waals surface area contributed by atoms with Gasteiger partial charge < -0.3 is 19.7 Å². The fourth-order valence-corrected chi connectivity index (χ4v) is 2.86. The number of benzene rings is 1. The number of aliphatic hydroxyl groups excluding tert-OH is 1. The summed E-state index contributed by atoms with van der Waals surface area (Å²) < 4.78 is 11.1. The van der Waals surface area contributed by atoms with Gasteiger partial charge in [0.25, 0.3) is 5.89 Å². The van der Waals surface area contributed by atoms with E-state index in [2.05, 4.69) is 20.4 Å². The Morgan fingerprint density at radius 3 is 2.93 bits per heavy atom. The Kier molecular flexibility index (Phi) is 5.53. The first-order chi connectivity index (χ1) is 14.1. The lowest BCUT2D eigenvalue weighted by atomic mass is 10.1. The van der Waals surface area contributed by atoms with Gasteiger partial charge in [0.15, 0.2) is 0 Å². The van der Waals surface area contributed by atoms with Crippen molar-refractivity contribution in [2.45, 2.75) is 38.5 Å². The van der Waals surface area contributed by atoms with E-state index < -0.39 is 12.1 Å². The van der Waals surface area contributed by atoms with Crippen molar-refractivity contribution in [1.82, 2.24) is 20.4 Å². The van der Waals surface area contributed by atoms with Crippen LogP contribution in [0.5, 0.6) is 5.75 Å². The van der Waals surface area contributed by atoms with Gasteiger partial charge in [-0.1, -0.05) is 23.4 Å². The summed E-state index contributed by atoms with van der Waals surface area (Å²) in [5.74, 6) is 1.12. The molecule has 0 saturated heterocycles. The van der Waals surface area contributed by atoms with Crippen molar-refractivity contribution in [3.8, 4) is 17.1 Å². The van der Waals surface area contributed by atoms with Gasteiger partial charge >= 0.3 is 0 Å². The van der Waals surface area contributed by atoms with Crippen molar-refractivity contribution < 1.29 is 19.2 Å². The van der Waals surface area contributed by atoms with E-state index in [4.69, 9.17) is 9.26 Å². The molecule has 0 unspecified atom stereocenters. The number of rotatable bonds is 8. The maximum Gasteiger partial charge on any atom is 0.252 e. The average Bonchev–Trinajstić information content (AvgIpc) is 3.48. The molecule has 4 rings (SSSR count). The molecule has 8 nitrogen and oxygen atoms in total. The van der Waals surface area contributed by atoms with Gasteiger partial charge in [0, 0.05) is 29.4 Å². The number of nitrogens with one attached hydrogen (secondary N) is 1. The highest BCUT2D eigenvalue weighted by atomic mass is 16.5. The molecule has 1 amide bonds. The van der Waals surface area contributed by atoms with Crippen LogP contribution in [0, 0.1) is 5.92 Å². The van der Waals surface area contributed by atoms with Crippen molar-refractivity contribution >= 4 is 5.91 Å². The molecule has 1 saturated carbocycles. The van der Waals surface area contributed by atoms with Crippen molar-refractivity contribution in [3.05, 3.63) is 60.2 Å². The second-order valence-electron chi connectivity index (χ2n) is 7.14.